The van der Waals surface area contributed by atoms with Gasteiger partial charge in [-0.05, 0) is 35.9 Å². The van der Waals surface area contributed by atoms with E-state index < -0.39 is 5.72 Å². The number of hydrogen-bond donors (Lipinski definition) is 2. The molecule has 1 amide bonds. The zero-order valence-corrected chi connectivity index (χ0v) is 16.8. The Morgan fingerprint density at radius 1 is 1.00 bits per heavy atom. The van der Waals surface area contributed by atoms with Crippen molar-refractivity contribution < 1.29 is 9.53 Å². The summed E-state index contributed by atoms with van der Waals surface area (Å²) in [4.78, 5) is 13.4. The average molecular weight is 446 g/mol. The van der Waals surface area contributed by atoms with E-state index in [-0.39, 0.29) is 11.9 Å². The summed E-state index contributed by atoms with van der Waals surface area (Å²) in [6.45, 7) is 0. The fourth-order valence-electron chi connectivity index (χ4n) is 4.35. The van der Waals surface area contributed by atoms with Crippen LogP contribution < -0.4 is 15.5 Å². The first-order valence-electron chi connectivity index (χ1n) is 9.39. The molecule has 0 saturated carbocycles. The first-order chi connectivity index (χ1) is 14.2. The van der Waals surface area contributed by atoms with E-state index in [1.54, 1.807) is 0 Å². The molecule has 3 aliphatic heterocycles. The molecule has 0 unspecified atom stereocenters. The number of para-hydroxylation sites is 1. The van der Waals surface area contributed by atoms with Crippen LogP contribution in [0.25, 0.3) is 5.70 Å². The van der Waals surface area contributed by atoms with Gasteiger partial charge in [-0.3, -0.25) is 4.79 Å². The van der Waals surface area contributed by atoms with Crippen LogP contribution in [0.2, 0.25) is 0 Å². The molecule has 6 rings (SSSR count). The van der Waals surface area contributed by atoms with Crippen molar-refractivity contribution >= 4 is 33.2 Å². The van der Waals surface area contributed by atoms with Crippen molar-refractivity contribution in [1.82, 2.24) is 10.4 Å². The van der Waals surface area contributed by atoms with Gasteiger partial charge in [-0.25, -0.2) is 0 Å². The lowest BCUT2D eigenvalue weighted by atomic mass is 9.95. The van der Waals surface area contributed by atoms with Gasteiger partial charge in [-0.1, -0.05) is 64.5 Å². The maximum atomic E-state index is 13.4. The highest BCUT2D eigenvalue weighted by atomic mass is 79.9. The zero-order chi connectivity index (χ0) is 19.6. The number of anilines is 1. The van der Waals surface area contributed by atoms with Crippen LogP contribution in [0.5, 0.6) is 5.75 Å². The summed E-state index contributed by atoms with van der Waals surface area (Å²) in [7, 11) is 0. The third-order valence-corrected chi connectivity index (χ3v) is 6.16. The summed E-state index contributed by atoms with van der Waals surface area (Å²) in [5, 5.41) is 4.92. The first kappa shape index (κ1) is 16.8. The minimum absolute atomic E-state index is 0.147. The van der Waals surface area contributed by atoms with Crippen LogP contribution in [-0.2, 0) is 10.5 Å². The number of nitrogens with zero attached hydrogens (tertiary/aromatic N) is 1. The molecule has 142 valence electrons. The summed E-state index contributed by atoms with van der Waals surface area (Å²) < 4.78 is 7.36. The van der Waals surface area contributed by atoms with Crippen LogP contribution in [0, 0.1) is 0 Å². The molecule has 0 bridgehead atoms. The van der Waals surface area contributed by atoms with Gasteiger partial charge in [0.1, 0.15) is 5.75 Å². The van der Waals surface area contributed by atoms with E-state index in [0.29, 0.717) is 5.75 Å². The van der Waals surface area contributed by atoms with Gasteiger partial charge in [-0.15, -0.1) is 0 Å². The standard InChI is InChI=1S/C23H16BrN3O2/c24-15-10-11-18-17(12-15)23(22(28)25-18)27-20(16-8-4-5-9-21(16)29-23)13-19(26-27)14-6-2-1-3-7-14/h1-13,20,26H,(H,25,28)/t20-,23-/m0/s1. The average Bonchev–Trinajstić information content (AvgIpc) is 3.31. The highest BCUT2D eigenvalue weighted by Gasteiger charge is 2.60. The second-order valence-electron chi connectivity index (χ2n) is 7.30. The second-order valence-corrected chi connectivity index (χ2v) is 8.22. The second kappa shape index (κ2) is 5.95. The molecular formula is C23H16BrN3O2. The van der Waals surface area contributed by atoms with E-state index in [1.807, 2.05) is 65.7 Å². The third-order valence-electron chi connectivity index (χ3n) is 5.67. The number of hydrogen-bond acceptors (Lipinski definition) is 4. The molecule has 1 spiro atoms. The van der Waals surface area contributed by atoms with Crippen LogP contribution >= 0.6 is 15.9 Å². The van der Waals surface area contributed by atoms with E-state index >= 15 is 0 Å². The normalized spacial score (nSPS) is 24.1. The minimum Gasteiger partial charge on any atom is -0.457 e. The highest BCUT2D eigenvalue weighted by molar-refractivity contribution is 9.10. The fourth-order valence-corrected chi connectivity index (χ4v) is 4.71. The Hall–Kier alpha value is -3.09. The number of carbonyl (C=O) groups is 1. The van der Waals surface area contributed by atoms with Gasteiger partial charge in [0.15, 0.2) is 0 Å². The summed E-state index contributed by atoms with van der Waals surface area (Å²) in [6, 6.07) is 23.6. The number of benzene rings is 3. The number of rotatable bonds is 1. The highest BCUT2D eigenvalue weighted by Crippen LogP contribution is 2.53. The molecule has 2 atom stereocenters. The summed E-state index contributed by atoms with van der Waals surface area (Å²) in [5.41, 5.74) is 6.74. The Kier molecular flexibility index (Phi) is 3.45. The van der Waals surface area contributed by atoms with Gasteiger partial charge in [0.05, 0.1) is 17.4 Å². The van der Waals surface area contributed by atoms with Crippen molar-refractivity contribution in [1.29, 1.82) is 0 Å². The van der Waals surface area contributed by atoms with Crippen molar-refractivity contribution in [3.63, 3.8) is 0 Å². The van der Waals surface area contributed by atoms with Crippen LogP contribution in [0.4, 0.5) is 5.69 Å². The number of ether oxygens (including phenoxy) is 1. The maximum absolute atomic E-state index is 13.4. The number of carbonyl (C=O) groups excluding carboxylic acids is 1. The molecule has 0 fully saturated rings. The lowest BCUT2D eigenvalue weighted by Crippen LogP contribution is -2.60. The lowest BCUT2D eigenvalue weighted by molar-refractivity contribution is -0.165. The number of fused-ring (bicyclic) bond motifs is 6. The number of halogens is 1. The van der Waals surface area contributed by atoms with Gasteiger partial charge >= 0.3 is 0 Å². The van der Waals surface area contributed by atoms with Gasteiger partial charge < -0.3 is 15.5 Å². The van der Waals surface area contributed by atoms with E-state index in [1.165, 1.54) is 0 Å². The van der Waals surface area contributed by atoms with Crippen LogP contribution in [0.1, 0.15) is 22.7 Å². The number of hydrazine groups is 1. The molecule has 2 N–H and O–H groups in total. The Labute approximate surface area is 176 Å². The Balaban J connectivity index is 1.57. The summed E-state index contributed by atoms with van der Waals surface area (Å²) in [5.74, 6) is 0.504. The van der Waals surface area contributed by atoms with Gasteiger partial charge in [0.25, 0.3) is 11.6 Å². The van der Waals surface area contributed by atoms with Gasteiger partial charge in [-0.2, -0.15) is 5.01 Å². The Morgan fingerprint density at radius 2 is 1.79 bits per heavy atom. The van der Waals surface area contributed by atoms with E-state index in [2.05, 4.69) is 44.9 Å². The SMILES string of the molecule is O=C1Nc2ccc(Br)cc2[C@]12Oc1ccccc1[C@@H]1C=C(c3ccccc3)NN12. The summed E-state index contributed by atoms with van der Waals surface area (Å²) >= 11 is 3.54. The molecule has 29 heavy (non-hydrogen) atoms. The van der Waals surface area contributed by atoms with Crippen molar-refractivity contribution in [2.45, 2.75) is 11.8 Å². The predicted molar refractivity (Wildman–Crippen MR) is 114 cm³/mol. The molecular weight excluding hydrogens is 430 g/mol. The molecule has 5 nitrogen and oxygen atoms in total. The largest absolute Gasteiger partial charge is 0.457 e. The molecule has 0 radical (unpaired) electrons. The molecule has 6 heteroatoms. The third kappa shape index (κ3) is 2.27. The molecule has 0 aliphatic carbocycles. The molecule has 3 aliphatic rings. The zero-order valence-electron chi connectivity index (χ0n) is 15.2. The monoisotopic (exact) mass is 445 g/mol. The van der Waals surface area contributed by atoms with Crippen LogP contribution in [-0.4, -0.2) is 10.9 Å². The quantitative estimate of drug-likeness (QED) is 0.576. The molecule has 3 heterocycles. The van der Waals surface area contributed by atoms with Crippen LogP contribution in [0.15, 0.2) is 83.3 Å². The Bertz CT molecular complexity index is 1190. The summed E-state index contributed by atoms with van der Waals surface area (Å²) in [6.07, 6.45) is 2.15. The molecule has 0 saturated heterocycles. The van der Waals surface area contributed by atoms with Crippen molar-refractivity contribution in [3.05, 3.63) is 100 Å². The van der Waals surface area contributed by atoms with Crippen molar-refractivity contribution in [3.8, 4) is 5.75 Å². The first-order valence-corrected chi connectivity index (χ1v) is 10.2. The molecule has 0 aromatic heterocycles. The topological polar surface area (TPSA) is 53.6 Å². The number of amides is 1. The smallest absolute Gasteiger partial charge is 0.291 e. The van der Waals surface area contributed by atoms with Crippen molar-refractivity contribution in [2.24, 2.45) is 0 Å². The van der Waals surface area contributed by atoms with E-state index in [9.17, 15) is 4.79 Å². The van der Waals surface area contributed by atoms with E-state index in [0.717, 1.165) is 32.5 Å². The van der Waals surface area contributed by atoms with Crippen molar-refractivity contribution in [2.75, 3.05) is 5.32 Å². The van der Waals surface area contributed by atoms with E-state index in [4.69, 9.17) is 4.74 Å². The molecule has 3 aromatic carbocycles. The maximum Gasteiger partial charge on any atom is 0.291 e. The predicted octanol–water partition coefficient (Wildman–Crippen LogP) is 4.55. The van der Waals surface area contributed by atoms with Gasteiger partial charge in [0, 0.05) is 15.6 Å². The number of nitrogens with one attached hydrogen (secondary N) is 2. The fraction of sp³-hybridized carbons (Fsp3) is 0.0870. The lowest BCUT2D eigenvalue weighted by Gasteiger charge is -2.44. The molecule has 3 aromatic rings. The van der Waals surface area contributed by atoms with Gasteiger partial charge in [0.2, 0.25) is 0 Å². The minimum atomic E-state index is -1.30. The van der Waals surface area contributed by atoms with Crippen LogP contribution in [0.3, 0.4) is 0 Å². The Morgan fingerprint density at radius 3 is 2.66 bits per heavy atom.